The van der Waals surface area contributed by atoms with E-state index in [-0.39, 0.29) is 12.8 Å². The molecule has 86 valence electrons. The molecule has 1 N–H and O–H groups in total. The van der Waals surface area contributed by atoms with Crippen molar-refractivity contribution < 1.29 is 29.0 Å². The Morgan fingerprint density at radius 1 is 1.44 bits per heavy atom. The number of rotatable bonds is 2. The van der Waals surface area contributed by atoms with Crippen LogP contribution in [0.5, 0.6) is 0 Å². The molecule has 0 aromatic heterocycles. The van der Waals surface area contributed by atoms with Gasteiger partial charge in [-0.3, -0.25) is 14.4 Å². The second kappa shape index (κ2) is 3.70. The van der Waals surface area contributed by atoms with Crippen molar-refractivity contribution in [2.45, 2.75) is 12.8 Å². The first-order valence-electron chi connectivity index (χ1n) is 4.97. The van der Waals surface area contributed by atoms with Crippen molar-refractivity contribution in [2.75, 3.05) is 0 Å². The summed E-state index contributed by atoms with van der Waals surface area (Å²) in [6.07, 6.45) is 0.589. The van der Waals surface area contributed by atoms with Gasteiger partial charge in [0.25, 0.3) is 0 Å². The van der Waals surface area contributed by atoms with Gasteiger partial charge in [0.1, 0.15) is 6.29 Å². The molecule has 0 spiro atoms. The van der Waals surface area contributed by atoms with Crippen molar-refractivity contribution in [3.05, 3.63) is 0 Å². The lowest BCUT2D eigenvalue weighted by Gasteiger charge is -2.25. The summed E-state index contributed by atoms with van der Waals surface area (Å²) in [7, 11) is 0. The highest BCUT2D eigenvalue weighted by atomic mass is 16.6. The maximum atomic E-state index is 11.4. The Morgan fingerprint density at radius 2 is 2.12 bits per heavy atom. The minimum Gasteiger partial charge on any atom is -0.481 e. The number of hydrogen-bond acceptors (Lipinski definition) is 5. The van der Waals surface area contributed by atoms with Gasteiger partial charge < -0.3 is 14.6 Å². The summed E-state index contributed by atoms with van der Waals surface area (Å²) in [6, 6.07) is 0. The third kappa shape index (κ3) is 1.50. The molecule has 1 saturated heterocycles. The molecule has 1 saturated carbocycles. The zero-order valence-corrected chi connectivity index (χ0v) is 8.29. The van der Waals surface area contributed by atoms with Crippen molar-refractivity contribution in [1.29, 1.82) is 0 Å². The van der Waals surface area contributed by atoms with Crippen molar-refractivity contribution in [1.82, 2.24) is 0 Å². The molecular weight excluding hydrogens is 216 g/mol. The number of carboxylic acids is 1. The Kier molecular flexibility index (Phi) is 2.49. The van der Waals surface area contributed by atoms with E-state index in [4.69, 9.17) is 5.11 Å². The molecule has 1 heterocycles. The molecule has 16 heavy (non-hydrogen) atoms. The lowest BCUT2D eigenvalue weighted by Crippen LogP contribution is -2.38. The van der Waals surface area contributed by atoms with Crippen LogP contribution in [0.15, 0.2) is 0 Å². The van der Waals surface area contributed by atoms with Crippen LogP contribution in [0, 0.1) is 23.7 Å². The highest BCUT2D eigenvalue weighted by Gasteiger charge is 2.54. The molecule has 0 aromatic rings. The lowest BCUT2D eigenvalue weighted by molar-refractivity contribution is -0.172. The molecule has 4 unspecified atom stereocenters. The molecule has 2 rings (SSSR count). The predicted octanol–water partition coefficient (Wildman–Crippen LogP) is -0.388. The number of carbonyl (C=O) groups excluding carboxylic acids is 3. The third-order valence-corrected chi connectivity index (χ3v) is 3.35. The van der Waals surface area contributed by atoms with Crippen molar-refractivity contribution >= 4 is 24.2 Å². The van der Waals surface area contributed by atoms with Gasteiger partial charge in [0.05, 0.1) is 18.3 Å². The Hall–Kier alpha value is -1.72. The van der Waals surface area contributed by atoms with E-state index in [2.05, 4.69) is 4.74 Å². The number of aldehydes is 1. The smallest absolute Gasteiger partial charge is 0.317 e. The van der Waals surface area contributed by atoms with Crippen LogP contribution in [0.1, 0.15) is 12.8 Å². The number of ether oxygens (including phenoxy) is 1. The summed E-state index contributed by atoms with van der Waals surface area (Å²) in [5, 5.41) is 8.96. The van der Waals surface area contributed by atoms with E-state index < -0.39 is 41.6 Å². The normalized spacial score (nSPS) is 37.8. The molecule has 4 atom stereocenters. The van der Waals surface area contributed by atoms with E-state index >= 15 is 0 Å². The second-order valence-corrected chi connectivity index (χ2v) is 4.17. The topological polar surface area (TPSA) is 97.7 Å². The molecule has 2 fully saturated rings. The zero-order valence-electron chi connectivity index (χ0n) is 8.29. The second-order valence-electron chi connectivity index (χ2n) is 4.17. The van der Waals surface area contributed by atoms with Crippen LogP contribution in [-0.2, 0) is 23.9 Å². The van der Waals surface area contributed by atoms with Gasteiger partial charge in [0, 0.05) is 5.92 Å². The molecule has 0 aromatic carbocycles. The SMILES string of the molecule is O=CC1CC(C(=O)O)C2CC(=O)OC(=O)C12. The largest absolute Gasteiger partial charge is 0.481 e. The number of esters is 2. The highest BCUT2D eigenvalue weighted by Crippen LogP contribution is 2.45. The van der Waals surface area contributed by atoms with E-state index in [1.807, 2.05) is 0 Å². The van der Waals surface area contributed by atoms with Crippen LogP contribution < -0.4 is 0 Å². The maximum absolute atomic E-state index is 11.4. The molecule has 6 nitrogen and oxygen atoms in total. The predicted molar refractivity (Wildman–Crippen MR) is 48.0 cm³/mol. The number of hydrogen-bond donors (Lipinski definition) is 1. The maximum Gasteiger partial charge on any atom is 0.317 e. The third-order valence-electron chi connectivity index (χ3n) is 3.35. The average Bonchev–Trinajstić information content (AvgIpc) is 2.56. The number of carboxylic acid groups (broad SMARTS) is 1. The van der Waals surface area contributed by atoms with Crippen LogP contribution in [0.2, 0.25) is 0 Å². The molecule has 0 radical (unpaired) electrons. The minimum absolute atomic E-state index is 0.0995. The quantitative estimate of drug-likeness (QED) is 0.391. The summed E-state index contributed by atoms with van der Waals surface area (Å²) in [5.74, 6) is -5.35. The van der Waals surface area contributed by atoms with Crippen LogP contribution >= 0.6 is 0 Å². The highest BCUT2D eigenvalue weighted by molar-refractivity contribution is 5.93. The van der Waals surface area contributed by atoms with Crippen LogP contribution in [-0.4, -0.2) is 29.3 Å². The van der Waals surface area contributed by atoms with E-state index in [0.29, 0.717) is 6.29 Å². The fourth-order valence-corrected chi connectivity index (χ4v) is 2.64. The molecule has 2 aliphatic rings. The summed E-state index contributed by atoms with van der Waals surface area (Å²) >= 11 is 0. The van der Waals surface area contributed by atoms with Crippen LogP contribution in [0.25, 0.3) is 0 Å². The Bertz CT molecular complexity index is 374. The Morgan fingerprint density at radius 3 is 2.69 bits per heavy atom. The van der Waals surface area contributed by atoms with E-state index in [9.17, 15) is 19.2 Å². The Labute approximate surface area is 90.6 Å². The standard InChI is InChI=1S/C10H10O6/c11-3-4-1-6(9(13)14)5-2-7(12)16-10(15)8(4)5/h3-6,8H,1-2H2,(H,13,14). The van der Waals surface area contributed by atoms with Crippen molar-refractivity contribution in [2.24, 2.45) is 23.7 Å². The first-order chi connectivity index (χ1) is 7.54. The van der Waals surface area contributed by atoms with Crippen LogP contribution in [0.4, 0.5) is 0 Å². The van der Waals surface area contributed by atoms with E-state index in [1.165, 1.54) is 0 Å². The zero-order chi connectivity index (χ0) is 11.9. The van der Waals surface area contributed by atoms with Crippen LogP contribution in [0.3, 0.4) is 0 Å². The Balaban J connectivity index is 2.31. The summed E-state index contributed by atoms with van der Waals surface area (Å²) in [6.45, 7) is 0. The lowest BCUT2D eigenvalue weighted by atomic mass is 9.83. The number of aliphatic carboxylic acids is 1. The molecule has 1 aliphatic heterocycles. The minimum atomic E-state index is -1.07. The number of carbonyl (C=O) groups is 4. The number of cyclic esters (lactones) is 2. The van der Waals surface area contributed by atoms with Crippen molar-refractivity contribution in [3.8, 4) is 0 Å². The van der Waals surface area contributed by atoms with Gasteiger partial charge in [0.2, 0.25) is 0 Å². The van der Waals surface area contributed by atoms with Gasteiger partial charge in [-0.05, 0) is 12.3 Å². The average molecular weight is 226 g/mol. The molecule has 6 heteroatoms. The molecule has 0 bridgehead atoms. The summed E-state index contributed by atoms with van der Waals surface area (Å²) in [5.41, 5.74) is 0. The molecule has 0 amide bonds. The van der Waals surface area contributed by atoms with Crippen molar-refractivity contribution in [3.63, 3.8) is 0 Å². The van der Waals surface area contributed by atoms with E-state index in [0.717, 1.165) is 0 Å². The van der Waals surface area contributed by atoms with Gasteiger partial charge in [-0.15, -0.1) is 0 Å². The fourth-order valence-electron chi connectivity index (χ4n) is 2.64. The van der Waals surface area contributed by atoms with E-state index in [1.54, 1.807) is 0 Å². The first kappa shape index (κ1) is 10.8. The van der Waals surface area contributed by atoms with Gasteiger partial charge in [0.15, 0.2) is 0 Å². The summed E-state index contributed by atoms with van der Waals surface area (Å²) < 4.78 is 4.43. The molecular formula is C10H10O6. The first-order valence-corrected chi connectivity index (χ1v) is 4.97. The monoisotopic (exact) mass is 226 g/mol. The van der Waals surface area contributed by atoms with Gasteiger partial charge >= 0.3 is 17.9 Å². The number of fused-ring (bicyclic) bond motifs is 1. The van der Waals surface area contributed by atoms with Gasteiger partial charge in [-0.2, -0.15) is 0 Å². The summed E-state index contributed by atoms with van der Waals surface area (Å²) in [4.78, 5) is 44.2. The van der Waals surface area contributed by atoms with Gasteiger partial charge in [-0.1, -0.05) is 0 Å². The molecule has 1 aliphatic carbocycles. The van der Waals surface area contributed by atoms with Gasteiger partial charge in [-0.25, -0.2) is 0 Å². The fraction of sp³-hybridized carbons (Fsp3) is 0.600.